The second-order valence-electron chi connectivity index (χ2n) is 2.69. The van der Waals surface area contributed by atoms with Crippen LogP contribution in [0.4, 0.5) is 8.78 Å². The fourth-order valence-electron chi connectivity index (χ4n) is 0.969. The van der Waals surface area contributed by atoms with Crippen LogP contribution in [0.3, 0.4) is 0 Å². The lowest BCUT2D eigenvalue weighted by molar-refractivity contribution is -0.136. The quantitative estimate of drug-likeness (QED) is 0.873. The highest BCUT2D eigenvalue weighted by Gasteiger charge is 2.17. The molecule has 0 saturated carbocycles. The van der Waals surface area contributed by atoms with Gasteiger partial charge in [-0.05, 0) is 22.0 Å². The highest BCUT2D eigenvalue weighted by molar-refractivity contribution is 9.10. The number of hydrogen-bond donors (Lipinski definition) is 1. The summed E-state index contributed by atoms with van der Waals surface area (Å²) in [5.74, 6) is -1.15. The van der Waals surface area contributed by atoms with Gasteiger partial charge in [0.1, 0.15) is 9.76 Å². The molecule has 0 fully saturated rings. The average Bonchev–Trinajstić information content (AvgIpc) is 2.08. The molecule has 0 saturated heterocycles. The summed E-state index contributed by atoms with van der Waals surface area (Å²) in [6.07, 6.45) is -3.16. The molecule has 1 N–H and O–H groups in total. The number of alkyl halides is 2. The zero-order valence-electron chi connectivity index (χ0n) is 7.18. The standard InChI is InChI=1S/C8H5BrClF2NO2/c9-6-4(8(11)12)1-3(2-5(14)15)7(10)13-6/h1,8H,2H2,(H,14,15). The Labute approximate surface area is 97.2 Å². The summed E-state index contributed by atoms with van der Waals surface area (Å²) >= 11 is 8.43. The number of pyridine rings is 1. The summed E-state index contributed by atoms with van der Waals surface area (Å²) in [7, 11) is 0. The number of carboxylic acids is 1. The van der Waals surface area contributed by atoms with Gasteiger partial charge in [-0.1, -0.05) is 11.6 Å². The summed E-state index contributed by atoms with van der Waals surface area (Å²) in [5, 5.41) is 8.42. The van der Waals surface area contributed by atoms with Crippen molar-refractivity contribution >= 4 is 33.5 Å². The van der Waals surface area contributed by atoms with Gasteiger partial charge in [-0.3, -0.25) is 4.79 Å². The second-order valence-corrected chi connectivity index (χ2v) is 3.80. The molecule has 0 aliphatic rings. The zero-order valence-corrected chi connectivity index (χ0v) is 9.52. The van der Waals surface area contributed by atoms with Crippen LogP contribution < -0.4 is 0 Å². The summed E-state index contributed by atoms with van der Waals surface area (Å²) in [4.78, 5) is 14.0. The van der Waals surface area contributed by atoms with E-state index in [1.54, 1.807) is 0 Å². The monoisotopic (exact) mass is 299 g/mol. The third-order valence-corrected chi connectivity index (χ3v) is 2.57. The summed E-state index contributed by atoms with van der Waals surface area (Å²) in [5.41, 5.74) is -0.293. The van der Waals surface area contributed by atoms with E-state index < -0.39 is 18.8 Å². The molecule has 1 rings (SSSR count). The largest absolute Gasteiger partial charge is 0.481 e. The molecule has 0 unspecified atom stereocenters. The maximum atomic E-state index is 12.4. The lowest BCUT2D eigenvalue weighted by atomic mass is 10.1. The lowest BCUT2D eigenvalue weighted by Crippen LogP contribution is -2.03. The van der Waals surface area contributed by atoms with Gasteiger partial charge in [0.2, 0.25) is 0 Å². The van der Waals surface area contributed by atoms with Crippen molar-refractivity contribution in [1.29, 1.82) is 0 Å². The Hall–Kier alpha value is -0.750. The summed E-state index contributed by atoms with van der Waals surface area (Å²) in [6, 6.07) is 1.04. The average molecular weight is 300 g/mol. The first-order chi connectivity index (χ1) is 6.91. The van der Waals surface area contributed by atoms with E-state index in [2.05, 4.69) is 20.9 Å². The SMILES string of the molecule is O=C(O)Cc1cc(C(F)F)c(Br)nc1Cl. The minimum atomic E-state index is -2.73. The topological polar surface area (TPSA) is 50.2 Å². The minimum Gasteiger partial charge on any atom is -0.481 e. The smallest absolute Gasteiger partial charge is 0.307 e. The van der Waals surface area contributed by atoms with E-state index in [0.717, 1.165) is 6.07 Å². The molecule has 0 aromatic carbocycles. The van der Waals surface area contributed by atoms with Crippen molar-refractivity contribution in [1.82, 2.24) is 4.98 Å². The molecule has 0 amide bonds. The number of rotatable bonds is 3. The van der Waals surface area contributed by atoms with E-state index >= 15 is 0 Å². The van der Waals surface area contributed by atoms with Gasteiger partial charge >= 0.3 is 5.97 Å². The number of nitrogens with zero attached hydrogens (tertiary/aromatic N) is 1. The summed E-state index contributed by atoms with van der Waals surface area (Å²) < 4.78 is 24.8. The van der Waals surface area contributed by atoms with Gasteiger partial charge in [0.25, 0.3) is 6.43 Å². The van der Waals surface area contributed by atoms with Gasteiger partial charge in [0.05, 0.1) is 12.0 Å². The molecular weight excluding hydrogens is 295 g/mol. The van der Waals surface area contributed by atoms with Crippen LogP contribution in [0.5, 0.6) is 0 Å². The second kappa shape index (κ2) is 4.85. The maximum Gasteiger partial charge on any atom is 0.307 e. The van der Waals surface area contributed by atoms with Gasteiger partial charge in [0, 0.05) is 5.56 Å². The molecular formula is C8H5BrClF2NO2. The molecule has 0 atom stereocenters. The lowest BCUT2D eigenvalue weighted by Gasteiger charge is -2.06. The molecule has 0 radical (unpaired) electrons. The fourth-order valence-corrected chi connectivity index (χ4v) is 1.74. The summed E-state index contributed by atoms with van der Waals surface area (Å²) in [6.45, 7) is 0. The van der Waals surface area contributed by atoms with Crippen molar-refractivity contribution in [3.63, 3.8) is 0 Å². The van der Waals surface area contributed by atoms with Gasteiger partial charge in [-0.25, -0.2) is 13.8 Å². The Morgan fingerprint density at radius 2 is 2.27 bits per heavy atom. The van der Waals surface area contributed by atoms with Crippen LogP contribution in [0.15, 0.2) is 10.7 Å². The third kappa shape index (κ3) is 3.10. The van der Waals surface area contributed by atoms with Crippen LogP contribution in [-0.4, -0.2) is 16.1 Å². The zero-order chi connectivity index (χ0) is 11.6. The Balaban J connectivity index is 3.17. The predicted octanol–water partition coefficient (Wildman–Crippen LogP) is 3.06. The van der Waals surface area contributed by atoms with Gasteiger partial charge in [-0.2, -0.15) is 0 Å². The van der Waals surface area contributed by atoms with Crippen molar-refractivity contribution in [3.05, 3.63) is 26.9 Å². The molecule has 3 nitrogen and oxygen atoms in total. The number of carbonyl (C=O) groups is 1. The van der Waals surface area contributed by atoms with Crippen LogP contribution in [0.1, 0.15) is 17.6 Å². The van der Waals surface area contributed by atoms with Crippen LogP contribution in [0.25, 0.3) is 0 Å². The van der Waals surface area contributed by atoms with Gasteiger partial charge in [0.15, 0.2) is 0 Å². The molecule has 1 heterocycles. The third-order valence-electron chi connectivity index (χ3n) is 1.61. The first-order valence-electron chi connectivity index (χ1n) is 3.76. The predicted molar refractivity (Wildman–Crippen MR) is 53.2 cm³/mol. The highest BCUT2D eigenvalue weighted by Crippen LogP contribution is 2.29. The minimum absolute atomic E-state index is 0.0719. The number of carboxylic acid groups (broad SMARTS) is 1. The molecule has 82 valence electrons. The van der Waals surface area contributed by atoms with E-state index in [9.17, 15) is 13.6 Å². The van der Waals surface area contributed by atoms with E-state index in [1.807, 2.05) is 0 Å². The van der Waals surface area contributed by atoms with Gasteiger partial charge in [-0.15, -0.1) is 0 Å². The Kier molecular flexibility index (Phi) is 3.98. The Morgan fingerprint density at radius 1 is 1.67 bits per heavy atom. The van der Waals surface area contributed by atoms with Crippen molar-refractivity contribution < 1.29 is 18.7 Å². The van der Waals surface area contributed by atoms with Crippen LogP contribution >= 0.6 is 27.5 Å². The number of hydrogen-bond acceptors (Lipinski definition) is 2. The number of aromatic nitrogens is 1. The highest BCUT2D eigenvalue weighted by atomic mass is 79.9. The van der Waals surface area contributed by atoms with Crippen LogP contribution in [-0.2, 0) is 11.2 Å². The molecule has 1 aromatic rings. The van der Waals surface area contributed by atoms with Crippen molar-refractivity contribution in [3.8, 4) is 0 Å². The van der Waals surface area contributed by atoms with Crippen molar-refractivity contribution in [2.45, 2.75) is 12.8 Å². The number of aliphatic carboxylic acids is 1. The van der Waals surface area contributed by atoms with Gasteiger partial charge < -0.3 is 5.11 Å². The van der Waals surface area contributed by atoms with Crippen LogP contribution in [0, 0.1) is 0 Å². The van der Waals surface area contributed by atoms with E-state index in [0.29, 0.717) is 0 Å². The van der Waals surface area contributed by atoms with Crippen molar-refractivity contribution in [2.75, 3.05) is 0 Å². The molecule has 15 heavy (non-hydrogen) atoms. The van der Waals surface area contributed by atoms with E-state index in [1.165, 1.54) is 0 Å². The van der Waals surface area contributed by atoms with E-state index in [4.69, 9.17) is 16.7 Å². The number of halogens is 4. The maximum absolute atomic E-state index is 12.4. The van der Waals surface area contributed by atoms with Crippen LogP contribution in [0.2, 0.25) is 5.15 Å². The van der Waals surface area contributed by atoms with Crippen molar-refractivity contribution in [2.24, 2.45) is 0 Å². The fraction of sp³-hybridized carbons (Fsp3) is 0.250. The van der Waals surface area contributed by atoms with E-state index in [-0.39, 0.29) is 20.9 Å². The molecule has 0 aliphatic heterocycles. The molecule has 0 spiro atoms. The normalized spacial score (nSPS) is 10.7. The first kappa shape index (κ1) is 12.3. The molecule has 1 aromatic heterocycles. The first-order valence-corrected chi connectivity index (χ1v) is 4.93. The molecule has 0 bridgehead atoms. The Bertz CT molecular complexity index is 400. The molecule has 7 heteroatoms. The molecule has 0 aliphatic carbocycles. The Morgan fingerprint density at radius 3 is 2.73 bits per heavy atom.